The van der Waals surface area contributed by atoms with Crippen molar-refractivity contribution in [2.75, 3.05) is 6.54 Å². The van der Waals surface area contributed by atoms with Crippen LogP contribution in [0.3, 0.4) is 0 Å². The van der Waals surface area contributed by atoms with Crippen LogP contribution in [0.4, 0.5) is 0 Å². The van der Waals surface area contributed by atoms with Crippen molar-refractivity contribution in [3.63, 3.8) is 0 Å². The highest BCUT2D eigenvalue weighted by Gasteiger charge is 2.07. The molecule has 1 aromatic rings. The molecule has 0 saturated heterocycles. The first kappa shape index (κ1) is 9.71. The lowest BCUT2D eigenvalue weighted by Gasteiger charge is -2.17. The third-order valence-electron chi connectivity index (χ3n) is 1.93. The second kappa shape index (κ2) is 4.60. The van der Waals surface area contributed by atoms with Crippen LogP contribution in [0.2, 0.25) is 0 Å². The molecule has 0 aliphatic rings. The molecule has 0 bridgehead atoms. The number of thiophene rings is 1. The fraction of sp³-hybridized carbons (Fsp3) is 0.556. The lowest BCUT2D eigenvalue weighted by molar-refractivity contribution is 0.486. The SMILES string of the molecule is CC(CN)NC(C)c1ccsc1. The molecule has 3 heteroatoms. The monoisotopic (exact) mass is 184 g/mol. The van der Waals surface area contributed by atoms with Crippen molar-refractivity contribution < 1.29 is 0 Å². The summed E-state index contributed by atoms with van der Waals surface area (Å²) in [5.74, 6) is 0. The Kier molecular flexibility index (Phi) is 3.72. The van der Waals surface area contributed by atoms with Gasteiger partial charge in [0.1, 0.15) is 0 Å². The number of hydrogen-bond acceptors (Lipinski definition) is 3. The molecule has 1 heterocycles. The van der Waals surface area contributed by atoms with Gasteiger partial charge >= 0.3 is 0 Å². The van der Waals surface area contributed by atoms with Gasteiger partial charge in [-0.3, -0.25) is 0 Å². The molecule has 2 atom stereocenters. The zero-order valence-corrected chi connectivity index (χ0v) is 8.40. The maximum Gasteiger partial charge on any atom is 0.0303 e. The molecule has 1 aromatic heterocycles. The minimum Gasteiger partial charge on any atom is -0.329 e. The standard InChI is InChI=1S/C9H16N2S/c1-7(5-10)11-8(2)9-3-4-12-6-9/h3-4,6-8,11H,5,10H2,1-2H3. The average Bonchev–Trinajstić information content (AvgIpc) is 2.56. The zero-order chi connectivity index (χ0) is 8.97. The lowest BCUT2D eigenvalue weighted by atomic mass is 10.1. The van der Waals surface area contributed by atoms with Crippen molar-refractivity contribution in [1.82, 2.24) is 5.32 Å². The van der Waals surface area contributed by atoms with E-state index in [4.69, 9.17) is 5.73 Å². The summed E-state index contributed by atoms with van der Waals surface area (Å²) in [5.41, 5.74) is 6.86. The van der Waals surface area contributed by atoms with Crippen molar-refractivity contribution in [2.24, 2.45) is 5.73 Å². The highest BCUT2D eigenvalue weighted by molar-refractivity contribution is 7.07. The summed E-state index contributed by atoms with van der Waals surface area (Å²) < 4.78 is 0. The Morgan fingerprint density at radius 3 is 2.83 bits per heavy atom. The normalized spacial score (nSPS) is 15.9. The molecular weight excluding hydrogens is 168 g/mol. The van der Waals surface area contributed by atoms with E-state index in [0.29, 0.717) is 18.6 Å². The van der Waals surface area contributed by atoms with Crippen molar-refractivity contribution in [2.45, 2.75) is 25.9 Å². The Hall–Kier alpha value is -0.380. The summed E-state index contributed by atoms with van der Waals surface area (Å²) in [6, 6.07) is 2.95. The van der Waals surface area contributed by atoms with Gasteiger partial charge < -0.3 is 11.1 Å². The van der Waals surface area contributed by atoms with E-state index in [9.17, 15) is 0 Å². The third-order valence-corrected chi connectivity index (χ3v) is 2.63. The quantitative estimate of drug-likeness (QED) is 0.748. The van der Waals surface area contributed by atoms with Crippen LogP contribution in [0.25, 0.3) is 0 Å². The van der Waals surface area contributed by atoms with E-state index in [1.165, 1.54) is 5.56 Å². The van der Waals surface area contributed by atoms with Crippen LogP contribution in [-0.4, -0.2) is 12.6 Å². The van der Waals surface area contributed by atoms with E-state index in [1.54, 1.807) is 11.3 Å². The van der Waals surface area contributed by atoms with Gasteiger partial charge in [-0.2, -0.15) is 11.3 Å². The number of rotatable bonds is 4. The summed E-state index contributed by atoms with van der Waals surface area (Å²) in [5, 5.41) is 7.68. The molecule has 1 rings (SSSR count). The van der Waals surface area contributed by atoms with E-state index in [-0.39, 0.29) is 0 Å². The molecule has 0 saturated carbocycles. The Morgan fingerprint density at radius 2 is 2.33 bits per heavy atom. The number of nitrogens with one attached hydrogen (secondary N) is 1. The maximum atomic E-state index is 5.51. The molecular formula is C9H16N2S. The highest BCUT2D eigenvalue weighted by atomic mass is 32.1. The first-order chi connectivity index (χ1) is 5.74. The number of hydrogen-bond donors (Lipinski definition) is 2. The van der Waals surface area contributed by atoms with Crippen LogP contribution >= 0.6 is 11.3 Å². The summed E-state index contributed by atoms with van der Waals surface area (Å²) in [7, 11) is 0. The van der Waals surface area contributed by atoms with Crippen LogP contribution in [-0.2, 0) is 0 Å². The first-order valence-electron chi connectivity index (χ1n) is 4.22. The van der Waals surface area contributed by atoms with Crippen LogP contribution < -0.4 is 11.1 Å². The Labute approximate surface area is 77.8 Å². The topological polar surface area (TPSA) is 38.0 Å². The minimum absolute atomic E-state index is 0.389. The van der Waals surface area contributed by atoms with Crippen LogP contribution in [0.15, 0.2) is 16.8 Å². The fourth-order valence-electron chi connectivity index (χ4n) is 1.11. The second-order valence-electron chi connectivity index (χ2n) is 3.08. The predicted octanol–water partition coefficient (Wildman–Crippen LogP) is 1.75. The summed E-state index contributed by atoms with van der Waals surface area (Å²) in [4.78, 5) is 0. The molecule has 0 radical (unpaired) electrons. The first-order valence-corrected chi connectivity index (χ1v) is 5.16. The molecule has 0 amide bonds. The van der Waals surface area contributed by atoms with Gasteiger partial charge in [0.2, 0.25) is 0 Å². The Bertz CT molecular complexity index is 208. The van der Waals surface area contributed by atoms with Crippen molar-refractivity contribution >= 4 is 11.3 Å². The maximum absolute atomic E-state index is 5.51. The van der Waals surface area contributed by atoms with E-state index in [1.807, 2.05) is 0 Å². The van der Waals surface area contributed by atoms with Crippen LogP contribution in [0.5, 0.6) is 0 Å². The van der Waals surface area contributed by atoms with Gasteiger partial charge in [0.05, 0.1) is 0 Å². The third kappa shape index (κ3) is 2.59. The minimum atomic E-state index is 0.389. The van der Waals surface area contributed by atoms with Crippen molar-refractivity contribution in [3.8, 4) is 0 Å². The van der Waals surface area contributed by atoms with E-state index >= 15 is 0 Å². The van der Waals surface area contributed by atoms with Gasteiger partial charge in [-0.05, 0) is 36.2 Å². The molecule has 3 N–H and O–H groups in total. The molecule has 68 valence electrons. The predicted molar refractivity (Wildman–Crippen MR) is 54.4 cm³/mol. The van der Waals surface area contributed by atoms with Gasteiger partial charge in [0.15, 0.2) is 0 Å². The van der Waals surface area contributed by atoms with E-state index in [2.05, 4.69) is 36.0 Å². The molecule has 0 spiro atoms. The van der Waals surface area contributed by atoms with Crippen molar-refractivity contribution in [1.29, 1.82) is 0 Å². The Balaban J connectivity index is 2.44. The van der Waals surface area contributed by atoms with Crippen LogP contribution in [0.1, 0.15) is 25.5 Å². The van der Waals surface area contributed by atoms with Gasteiger partial charge in [-0.1, -0.05) is 0 Å². The van der Waals surface area contributed by atoms with Crippen LogP contribution in [0, 0.1) is 0 Å². The number of nitrogens with two attached hydrogens (primary N) is 1. The summed E-state index contributed by atoms with van der Waals surface area (Å²) in [6.07, 6.45) is 0. The molecule has 0 aromatic carbocycles. The van der Waals surface area contributed by atoms with Gasteiger partial charge in [0.25, 0.3) is 0 Å². The van der Waals surface area contributed by atoms with E-state index in [0.717, 1.165) is 0 Å². The molecule has 12 heavy (non-hydrogen) atoms. The average molecular weight is 184 g/mol. The fourth-order valence-corrected chi connectivity index (χ4v) is 1.87. The smallest absolute Gasteiger partial charge is 0.0303 e. The van der Waals surface area contributed by atoms with Gasteiger partial charge in [-0.15, -0.1) is 0 Å². The van der Waals surface area contributed by atoms with Gasteiger partial charge in [-0.25, -0.2) is 0 Å². The molecule has 0 fully saturated rings. The highest BCUT2D eigenvalue weighted by Crippen LogP contribution is 2.15. The summed E-state index contributed by atoms with van der Waals surface area (Å²) >= 11 is 1.73. The van der Waals surface area contributed by atoms with Crippen molar-refractivity contribution in [3.05, 3.63) is 22.4 Å². The summed E-state index contributed by atoms with van der Waals surface area (Å²) in [6.45, 7) is 4.95. The van der Waals surface area contributed by atoms with Gasteiger partial charge in [0, 0.05) is 18.6 Å². The second-order valence-corrected chi connectivity index (χ2v) is 3.86. The lowest BCUT2D eigenvalue weighted by Crippen LogP contribution is -2.34. The van der Waals surface area contributed by atoms with E-state index < -0.39 is 0 Å². The Morgan fingerprint density at radius 1 is 1.58 bits per heavy atom. The molecule has 2 nitrogen and oxygen atoms in total. The molecule has 0 aliphatic carbocycles. The zero-order valence-electron chi connectivity index (χ0n) is 7.58. The largest absolute Gasteiger partial charge is 0.329 e. The molecule has 2 unspecified atom stereocenters. The molecule has 0 aliphatic heterocycles.